The monoisotopic (exact) mass is 414 g/mol. The van der Waals surface area contributed by atoms with E-state index in [4.69, 9.17) is 11.6 Å². The Hall–Kier alpha value is -2.78. The molecule has 2 amide bonds. The summed E-state index contributed by atoms with van der Waals surface area (Å²) < 4.78 is 42.8. The van der Waals surface area contributed by atoms with Crippen LogP contribution in [0.25, 0.3) is 10.1 Å². The number of rotatable bonds is 4. The quantitative estimate of drug-likeness (QED) is 0.623. The largest absolute Gasteiger partial charge is 0.434 e. The molecule has 0 fully saturated rings. The first-order chi connectivity index (χ1) is 12.9. The zero-order valence-corrected chi connectivity index (χ0v) is 14.8. The summed E-state index contributed by atoms with van der Waals surface area (Å²) in [5.41, 5.74) is 4.06. The topological polar surface area (TPSA) is 67.4 Å². The number of hydrazine groups is 1. The number of fused-ring (bicyclic) bond motifs is 1. The molecule has 2 aromatic carbocycles. The maximum Gasteiger partial charge on any atom is 0.387 e. The number of nitrogens with one attached hydrogen (secondary N) is 2. The van der Waals surface area contributed by atoms with Crippen LogP contribution in [0.2, 0.25) is 5.02 Å². The Kier molecular flexibility index (Phi) is 5.52. The zero-order valence-electron chi connectivity index (χ0n) is 13.3. The molecule has 0 aliphatic heterocycles. The number of amides is 2. The molecular weight excluding hydrogens is 405 g/mol. The first-order valence-corrected chi connectivity index (χ1v) is 8.58. The molecule has 0 radical (unpaired) electrons. The predicted molar refractivity (Wildman–Crippen MR) is 94.8 cm³/mol. The van der Waals surface area contributed by atoms with E-state index >= 15 is 0 Å². The first-order valence-electron chi connectivity index (χ1n) is 7.39. The summed E-state index contributed by atoms with van der Waals surface area (Å²) in [7, 11) is 0. The molecule has 10 heteroatoms. The van der Waals surface area contributed by atoms with Crippen molar-refractivity contribution in [3.8, 4) is 5.75 Å². The van der Waals surface area contributed by atoms with E-state index in [1.54, 1.807) is 0 Å². The standard InChI is InChI=1S/C17H10ClF3N2O3S/c18-13-10-6-5-8(19)7-12(10)27-14(13)16(25)23-22-15(24)9-3-1-2-4-11(9)26-17(20)21/h1-7,17H,(H,22,24)(H,23,25). The SMILES string of the molecule is O=C(NNC(=O)c1sc2cc(F)ccc2c1Cl)c1ccccc1OC(F)F. The second-order valence-electron chi connectivity index (χ2n) is 5.17. The molecule has 0 bridgehead atoms. The molecule has 1 aromatic heterocycles. The lowest BCUT2D eigenvalue weighted by atomic mass is 10.2. The van der Waals surface area contributed by atoms with Crippen LogP contribution in [-0.2, 0) is 0 Å². The van der Waals surface area contributed by atoms with Gasteiger partial charge in [0.15, 0.2) is 0 Å². The van der Waals surface area contributed by atoms with E-state index < -0.39 is 24.2 Å². The molecule has 5 nitrogen and oxygen atoms in total. The number of halogens is 4. The van der Waals surface area contributed by atoms with Gasteiger partial charge < -0.3 is 4.74 Å². The molecular formula is C17H10ClF3N2O3S. The van der Waals surface area contributed by atoms with Crippen molar-refractivity contribution in [2.75, 3.05) is 0 Å². The van der Waals surface area contributed by atoms with Crippen molar-refractivity contribution in [1.29, 1.82) is 0 Å². The van der Waals surface area contributed by atoms with Gasteiger partial charge in [-0.3, -0.25) is 20.4 Å². The number of para-hydroxylation sites is 1. The summed E-state index contributed by atoms with van der Waals surface area (Å²) in [6.07, 6.45) is 0. The maximum atomic E-state index is 13.3. The number of benzene rings is 2. The minimum Gasteiger partial charge on any atom is -0.434 e. The van der Waals surface area contributed by atoms with E-state index in [-0.39, 0.29) is 21.2 Å². The summed E-state index contributed by atoms with van der Waals surface area (Å²) in [6.45, 7) is -3.11. The third-order valence-corrected chi connectivity index (χ3v) is 5.09. The van der Waals surface area contributed by atoms with Gasteiger partial charge in [-0.05, 0) is 30.3 Å². The lowest BCUT2D eigenvalue weighted by Gasteiger charge is -2.11. The maximum absolute atomic E-state index is 13.3. The summed E-state index contributed by atoms with van der Waals surface area (Å²) >= 11 is 7.08. The Bertz CT molecular complexity index is 1030. The second kappa shape index (κ2) is 7.85. The number of alkyl halides is 2. The molecule has 0 saturated carbocycles. The normalized spacial score (nSPS) is 10.9. The summed E-state index contributed by atoms with van der Waals surface area (Å²) in [5.74, 6) is -2.41. The first kappa shape index (κ1) is 19.0. The summed E-state index contributed by atoms with van der Waals surface area (Å²) in [4.78, 5) is 24.5. The Morgan fingerprint density at radius 3 is 2.52 bits per heavy atom. The van der Waals surface area contributed by atoms with Crippen LogP contribution >= 0.6 is 22.9 Å². The molecule has 0 saturated heterocycles. The van der Waals surface area contributed by atoms with Gasteiger partial charge in [0.25, 0.3) is 11.8 Å². The van der Waals surface area contributed by atoms with Crippen LogP contribution in [-0.4, -0.2) is 18.4 Å². The van der Waals surface area contributed by atoms with Gasteiger partial charge in [-0.2, -0.15) is 8.78 Å². The van der Waals surface area contributed by atoms with Crippen LogP contribution in [0.3, 0.4) is 0 Å². The minimum absolute atomic E-state index is 0.0645. The second-order valence-corrected chi connectivity index (χ2v) is 6.60. The highest BCUT2D eigenvalue weighted by Gasteiger charge is 2.20. The van der Waals surface area contributed by atoms with Gasteiger partial charge >= 0.3 is 6.61 Å². The van der Waals surface area contributed by atoms with E-state index in [9.17, 15) is 22.8 Å². The van der Waals surface area contributed by atoms with E-state index in [0.717, 1.165) is 11.3 Å². The van der Waals surface area contributed by atoms with E-state index in [1.807, 2.05) is 0 Å². The molecule has 1 heterocycles. The Morgan fingerprint density at radius 1 is 1.07 bits per heavy atom. The van der Waals surface area contributed by atoms with Crippen molar-refractivity contribution >= 4 is 44.8 Å². The molecule has 2 N–H and O–H groups in total. The van der Waals surface area contributed by atoms with Crippen LogP contribution < -0.4 is 15.6 Å². The van der Waals surface area contributed by atoms with Crippen LogP contribution in [0.5, 0.6) is 5.75 Å². The van der Waals surface area contributed by atoms with Crippen molar-refractivity contribution in [2.45, 2.75) is 6.61 Å². The molecule has 0 atom stereocenters. The number of hydrogen-bond acceptors (Lipinski definition) is 4. The van der Waals surface area contributed by atoms with Gasteiger partial charge in [0.1, 0.15) is 16.4 Å². The highest BCUT2D eigenvalue weighted by molar-refractivity contribution is 7.21. The number of carbonyl (C=O) groups is 2. The van der Waals surface area contributed by atoms with Gasteiger partial charge in [0.2, 0.25) is 0 Å². The molecule has 27 heavy (non-hydrogen) atoms. The molecule has 3 rings (SSSR count). The summed E-state index contributed by atoms with van der Waals surface area (Å²) in [5, 5.41) is 0.610. The third kappa shape index (κ3) is 4.15. The van der Waals surface area contributed by atoms with Gasteiger partial charge in [-0.1, -0.05) is 23.7 Å². The molecule has 0 unspecified atom stereocenters. The van der Waals surface area contributed by atoms with E-state index in [0.29, 0.717) is 10.1 Å². The number of ether oxygens (including phenoxy) is 1. The smallest absolute Gasteiger partial charge is 0.387 e. The fraction of sp³-hybridized carbons (Fsp3) is 0.0588. The van der Waals surface area contributed by atoms with Crippen molar-refractivity contribution < 1.29 is 27.5 Å². The fourth-order valence-corrected chi connectivity index (χ4v) is 3.71. The lowest BCUT2D eigenvalue weighted by molar-refractivity contribution is -0.0501. The van der Waals surface area contributed by atoms with Crippen molar-refractivity contribution in [3.05, 3.63) is 63.7 Å². The third-order valence-electron chi connectivity index (χ3n) is 3.44. The predicted octanol–water partition coefficient (Wildman–Crippen LogP) is 4.37. The molecule has 0 aliphatic rings. The zero-order chi connectivity index (χ0) is 19.6. The van der Waals surface area contributed by atoms with Crippen LogP contribution in [0.4, 0.5) is 13.2 Å². The lowest BCUT2D eigenvalue weighted by Crippen LogP contribution is -2.41. The van der Waals surface area contributed by atoms with Crippen molar-refractivity contribution in [1.82, 2.24) is 10.9 Å². The Morgan fingerprint density at radius 2 is 1.78 bits per heavy atom. The van der Waals surface area contributed by atoms with Crippen LogP contribution in [0.1, 0.15) is 20.0 Å². The number of hydrogen-bond donors (Lipinski definition) is 2. The van der Waals surface area contributed by atoms with E-state index in [2.05, 4.69) is 15.6 Å². The number of thiophene rings is 1. The molecule has 140 valence electrons. The minimum atomic E-state index is -3.11. The van der Waals surface area contributed by atoms with Crippen molar-refractivity contribution in [3.63, 3.8) is 0 Å². The van der Waals surface area contributed by atoms with Gasteiger partial charge in [0, 0.05) is 10.1 Å². The van der Waals surface area contributed by atoms with E-state index in [1.165, 1.54) is 42.5 Å². The summed E-state index contributed by atoms with van der Waals surface area (Å²) in [6, 6.07) is 9.21. The molecule has 0 aliphatic carbocycles. The van der Waals surface area contributed by atoms with Crippen LogP contribution in [0, 0.1) is 5.82 Å². The fourth-order valence-electron chi connectivity index (χ4n) is 2.28. The molecule has 0 spiro atoms. The Labute approximate surface area is 159 Å². The Balaban J connectivity index is 1.75. The number of carbonyl (C=O) groups excluding carboxylic acids is 2. The van der Waals surface area contributed by atoms with Crippen LogP contribution in [0.15, 0.2) is 42.5 Å². The van der Waals surface area contributed by atoms with Crippen molar-refractivity contribution in [2.24, 2.45) is 0 Å². The van der Waals surface area contributed by atoms with Gasteiger partial charge in [0.05, 0.1) is 10.6 Å². The highest BCUT2D eigenvalue weighted by atomic mass is 35.5. The van der Waals surface area contributed by atoms with Gasteiger partial charge in [-0.25, -0.2) is 4.39 Å². The van der Waals surface area contributed by atoms with Gasteiger partial charge in [-0.15, -0.1) is 11.3 Å². The average Bonchev–Trinajstić information content (AvgIpc) is 2.95. The average molecular weight is 415 g/mol. The highest BCUT2D eigenvalue weighted by Crippen LogP contribution is 2.35. The molecule has 3 aromatic rings.